The molecule has 0 bridgehead atoms. The Morgan fingerprint density at radius 2 is 2.29 bits per heavy atom. The van der Waals surface area contributed by atoms with E-state index in [0.717, 1.165) is 24.3 Å². The quantitative estimate of drug-likeness (QED) is 0.667. The molecule has 0 aliphatic carbocycles. The Kier molecular flexibility index (Phi) is 1.59. The molecule has 3 heteroatoms. The van der Waals surface area contributed by atoms with Crippen LogP contribution in [0.2, 0.25) is 0 Å². The molecule has 0 amide bonds. The van der Waals surface area contributed by atoms with E-state index < -0.39 is 0 Å². The van der Waals surface area contributed by atoms with Crippen molar-refractivity contribution in [3.8, 4) is 0 Å². The third-order valence-electron chi connectivity index (χ3n) is 3.46. The van der Waals surface area contributed by atoms with Gasteiger partial charge in [-0.1, -0.05) is 6.07 Å². The molecule has 14 heavy (non-hydrogen) atoms. The molecule has 1 saturated heterocycles. The van der Waals surface area contributed by atoms with Crippen LogP contribution >= 0.6 is 0 Å². The van der Waals surface area contributed by atoms with Crippen molar-refractivity contribution in [2.45, 2.75) is 12.0 Å². The van der Waals surface area contributed by atoms with Crippen LogP contribution in [0.3, 0.4) is 0 Å². The largest absolute Gasteiger partial charge is 0.369 e. The smallest absolute Gasteiger partial charge is 0.128 e. The van der Waals surface area contributed by atoms with Gasteiger partial charge in [-0.25, -0.2) is 4.39 Å². The number of fused-ring (bicyclic) bond motifs is 3. The van der Waals surface area contributed by atoms with E-state index in [0.29, 0.717) is 12.0 Å². The highest BCUT2D eigenvalue weighted by Crippen LogP contribution is 2.42. The summed E-state index contributed by atoms with van der Waals surface area (Å²) in [7, 11) is 2.05. The van der Waals surface area contributed by atoms with Crippen LogP contribution in [-0.4, -0.2) is 26.2 Å². The zero-order valence-corrected chi connectivity index (χ0v) is 8.13. The number of halogens is 1. The second-order valence-corrected chi connectivity index (χ2v) is 4.12. The Morgan fingerprint density at radius 3 is 3.14 bits per heavy atom. The number of hydrogen-bond acceptors (Lipinski definition) is 2. The van der Waals surface area contributed by atoms with Gasteiger partial charge in [-0.3, -0.25) is 0 Å². The molecule has 1 aromatic carbocycles. The van der Waals surface area contributed by atoms with Gasteiger partial charge in [0.25, 0.3) is 0 Å². The van der Waals surface area contributed by atoms with Crippen LogP contribution in [0.5, 0.6) is 0 Å². The van der Waals surface area contributed by atoms with E-state index in [9.17, 15) is 4.39 Å². The van der Waals surface area contributed by atoms with E-state index >= 15 is 0 Å². The van der Waals surface area contributed by atoms with Gasteiger partial charge < -0.3 is 10.2 Å². The van der Waals surface area contributed by atoms with Gasteiger partial charge >= 0.3 is 0 Å². The number of nitrogens with zero attached hydrogens (tertiary/aromatic N) is 1. The van der Waals surface area contributed by atoms with Gasteiger partial charge in [-0.2, -0.15) is 0 Å². The molecule has 2 nitrogen and oxygen atoms in total. The van der Waals surface area contributed by atoms with Gasteiger partial charge in [0.15, 0.2) is 0 Å². The summed E-state index contributed by atoms with van der Waals surface area (Å²) >= 11 is 0. The van der Waals surface area contributed by atoms with E-state index in [2.05, 4.69) is 17.3 Å². The lowest BCUT2D eigenvalue weighted by atomic mass is 9.98. The van der Waals surface area contributed by atoms with Crippen molar-refractivity contribution >= 4 is 5.69 Å². The summed E-state index contributed by atoms with van der Waals surface area (Å²) in [4.78, 5) is 2.20. The maximum Gasteiger partial charge on any atom is 0.128 e. The minimum atomic E-state index is -0.0504. The van der Waals surface area contributed by atoms with E-state index in [1.807, 2.05) is 6.07 Å². The molecular formula is C11H13FN2. The van der Waals surface area contributed by atoms with E-state index in [-0.39, 0.29) is 5.82 Å². The first-order valence-corrected chi connectivity index (χ1v) is 5.01. The summed E-state index contributed by atoms with van der Waals surface area (Å²) in [5, 5.41) is 3.31. The van der Waals surface area contributed by atoms with Crippen molar-refractivity contribution in [3.05, 3.63) is 29.6 Å². The molecule has 1 N–H and O–H groups in total. The first-order valence-electron chi connectivity index (χ1n) is 5.01. The molecule has 0 radical (unpaired) electrons. The molecule has 1 fully saturated rings. The van der Waals surface area contributed by atoms with Crippen molar-refractivity contribution in [1.82, 2.24) is 5.32 Å². The van der Waals surface area contributed by atoms with Gasteiger partial charge in [0.05, 0.1) is 0 Å². The van der Waals surface area contributed by atoms with Gasteiger partial charge in [-0.05, 0) is 12.1 Å². The first-order chi connectivity index (χ1) is 6.79. The fourth-order valence-electron chi connectivity index (χ4n) is 2.75. The monoisotopic (exact) mass is 192 g/mol. The number of rotatable bonds is 0. The number of likely N-dealkylation sites (N-methyl/N-ethyl adjacent to an activating group) is 1. The summed E-state index contributed by atoms with van der Waals surface area (Å²) in [6.07, 6.45) is 0. The van der Waals surface area contributed by atoms with Gasteiger partial charge in [-0.15, -0.1) is 0 Å². The SMILES string of the molecule is CN1c2cccc(F)c2C2CNCC21. The number of hydrogen-bond donors (Lipinski definition) is 1. The molecule has 3 rings (SSSR count). The standard InChI is InChI=1S/C11H13FN2/c1-14-9-4-2-3-8(12)11(9)7-5-13-6-10(7)14/h2-4,7,10,13H,5-6H2,1H3. The third-order valence-corrected chi connectivity index (χ3v) is 3.46. The minimum Gasteiger partial charge on any atom is -0.369 e. The van der Waals surface area contributed by atoms with Crippen LogP contribution in [0, 0.1) is 5.82 Å². The second-order valence-electron chi connectivity index (χ2n) is 4.12. The van der Waals surface area contributed by atoms with Gasteiger partial charge in [0.1, 0.15) is 5.82 Å². The van der Waals surface area contributed by atoms with Crippen molar-refractivity contribution < 1.29 is 4.39 Å². The Labute approximate surface area is 82.7 Å². The number of nitrogens with one attached hydrogen (secondary N) is 1. The lowest BCUT2D eigenvalue weighted by Gasteiger charge is -2.20. The number of benzene rings is 1. The number of anilines is 1. The average molecular weight is 192 g/mol. The molecule has 1 aromatic rings. The molecule has 0 aromatic heterocycles. The molecule has 0 spiro atoms. The summed E-state index contributed by atoms with van der Waals surface area (Å²) in [6, 6.07) is 5.81. The fraction of sp³-hybridized carbons (Fsp3) is 0.455. The van der Waals surface area contributed by atoms with Crippen molar-refractivity contribution in [2.75, 3.05) is 25.0 Å². The van der Waals surface area contributed by atoms with Crippen LogP contribution in [0.25, 0.3) is 0 Å². The van der Waals surface area contributed by atoms with Crippen LogP contribution in [0.1, 0.15) is 11.5 Å². The highest BCUT2D eigenvalue weighted by atomic mass is 19.1. The fourth-order valence-corrected chi connectivity index (χ4v) is 2.75. The van der Waals surface area contributed by atoms with Crippen molar-refractivity contribution in [3.63, 3.8) is 0 Å². The van der Waals surface area contributed by atoms with Crippen LogP contribution in [-0.2, 0) is 0 Å². The topological polar surface area (TPSA) is 15.3 Å². The molecule has 74 valence electrons. The van der Waals surface area contributed by atoms with Crippen molar-refractivity contribution in [1.29, 1.82) is 0 Å². The Balaban J connectivity index is 2.18. The Bertz CT molecular complexity index is 378. The van der Waals surface area contributed by atoms with Gasteiger partial charge in [0.2, 0.25) is 0 Å². The molecule has 2 aliphatic rings. The van der Waals surface area contributed by atoms with Crippen LogP contribution < -0.4 is 10.2 Å². The summed E-state index contributed by atoms with van der Waals surface area (Å²) in [5.41, 5.74) is 1.98. The van der Waals surface area contributed by atoms with Gasteiger partial charge in [0, 0.05) is 43.3 Å². The van der Waals surface area contributed by atoms with E-state index in [1.165, 1.54) is 0 Å². The highest BCUT2D eigenvalue weighted by Gasteiger charge is 2.41. The van der Waals surface area contributed by atoms with Crippen molar-refractivity contribution in [2.24, 2.45) is 0 Å². The molecular weight excluding hydrogens is 179 g/mol. The van der Waals surface area contributed by atoms with Crippen LogP contribution in [0.4, 0.5) is 10.1 Å². The molecule has 0 saturated carbocycles. The predicted octanol–water partition coefficient (Wildman–Crippen LogP) is 1.33. The zero-order chi connectivity index (χ0) is 9.71. The molecule has 2 heterocycles. The minimum absolute atomic E-state index is 0.0504. The van der Waals surface area contributed by atoms with E-state index in [1.54, 1.807) is 12.1 Å². The lowest BCUT2D eigenvalue weighted by molar-refractivity contribution is 0.586. The summed E-state index contributed by atoms with van der Waals surface area (Å²) in [5.74, 6) is 0.293. The maximum absolute atomic E-state index is 13.6. The summed E-state index contributed by atoms with van der Waals surface area (Å²) in [6.45, 7) is 1.87. The first kappa shape index (κ1) is 8.24. The Hall–Kier alpha value is -1.09. The molecule has 2 atom stereocenters. The van der Waals surface area contributed by atoms with E-state index in [4.69, 9.17) is 0 Å². The second kappa shape index (κ2) is 2.70. The molecule has 2 unspecified atom stereocenters. The predicted molar refractivity (Wildman–Crippen MR) is 54.2 cm³/mol. The molecule has 2 aliphatic heterocycles. The Morgan fingerprint density at radius 1 is 1.43 bits per heavy atom. The highest BCUT2D eigenvalue weighted by molar-refractivity contribution is 5.62. The normalized spacial score (nSPS) is 29.1. The average Bonchev–Trinajstić information content (AvgIpc) is 2.72. The maximum atomic E-state index is 13.6. The zero-order valence-electron chi connectivity index (χ0n) is 8.13. The van der Waals surface area contributed by atoms with Crippen LogP contribution in [0.15, 0.2) is 18.2 Å². The lowest BCUT2D eigenvalue weighted by Crippen LogP contribution is -2.31. The summed E-state index contributed by atoms with van der Waals surface area (Å²) < 4.78 is 13.6. The third kappa shape index (κ3) is 0.879.